The van der Waals surface area contributed by atoms with Gasteiger partial charge < -0.3 is 10.2 Å². The summed E-state index contributed by atoms with van der Waals surface area (Å²) in [5, 5.41) is 12.1. The first-order chi connectivity index (χ1) is 7.58. The van der Waals surface area contributed by atoms with Crippen molar-refractivity contribution in [2.24, 2.45) is 5.73 Å². The number of furan rings is 1. The molecule has 0 spiro atoms. The Morgan fingerprint density at radius 1 is 1.62 bits per heavy atom. The van der Waals surface area contributed by atoms with Gasteiger partial charge in [-0.2, -0.15) is 0 Å². The topological polar surface area (TPSA) is 112 Å². The average molecular weight is 239 g/mol. The maximum absolute atomic E-state index is 10.8. The number of nitro groups is 1. The van der Waals surface area contributed by atoms with E-state index in [-0.39, 0.29) is 10.9 Å². The Labute approximate surface area is 92.7 Å². The van der Waals surface area contributed by atoms with Crippen LogP contribution >= 0.6 is 11.3 Å². The Morgan fingerprint density at radius 3 is 2.88 bits per heavy atom. The second-order valence-corrected chi connectivity index (χ2v) is 3.69. The molecule has 2 rings (SSSR count). The summed E-state index contributed by atoms with van der Waals surface area (Å²) in [6.07, 6.45) is 1.21. The second kappa shape index (κ2) is 3.74. The van der Waals surface area contributed by atoms with Crippen LogP contribution in [0.5, 0.6) is 0 Å². The average Bonchev–Trinajstić information content (AvgIpc) is 2.86. The lowest BCUT2D eigenvalue weighted by Gasteiger charge is -1.85. The lowest BCUT2D eigenvalue weighted by molar-refractivity contribution is -0.402. The number of carbonyl (C=O) groups excluding carboxylic acids is 1. The fraction of sp³-hybridized carbons (Fsp3) is 0. The van der Waals surface area contributed by atoms with Gasteiger partial charge in [0.15, 0.2) is 5.01 Å². The fourth-order valence-electron chi connectivity index (χ4n) is 1.07. The number of amides is 1. The van der Waals surface area contributed by atoms with Crippen LogP contribution in [0.15, 0.2) is 22.1 Å². The summed E-state index contributed by atoms with van der Waals surface area (Å²) in [5.74, 6) is -1.00. The smallest absolute Gasteiger partial charge is 0.409 e. The van der Waals surface area contributed by atoms with E-state index in [4.69, 9.17) is 10.2 Å². The molecule has 0 unspecified atom stereocenters. The van der Waals surface area contributed by atoms with Crippen LogP contribution in [0.2, 0.25) is 0 Å². The third kappa shape index (κ3) is 1.77. The molecule has 0 fully saturated rings. The van der Waals surface area contributed by atoms with Crippen molar-refractivity contribution in [3.8, 4) is 11.3 Å². The predicted molar refractivity (Wildman–Crippen MR) is 55.0 cm³/mol. The van der Waals surface area contributed by atoms with Crippen LogP contribution in [0, 0.1) is 10.1 Å². The van der Waals surface area contributed by atoms with Gasteiger partial charge in [-0.05, 0) is 0 Å². The van der Waals surface area contributed by atoms with Crippen LogP contribution in [-0.2, 0) is 0 Å². The van der Waals surface area contributed by atoms with Gasteiger partial charge in [-0.1, -0.05) is 0 Å². The molecule has 16 heavy (non-hydrogen) atoms. The van der Waals surface area contributed by atoms with Gasteiger partial charge in [0.25, 0.3) is 5.91 Å². The number of nitrogens with zero attached hydrogens (tertiary/aromatic N) is 2. The van der Waals surface area contributed by atoms with Crippen LogP contribution in [0.25, 0.3) is 11.3 Å². The van der Waals surface area contributed by atoms with E-state index in [1.165, 1.54) is 12.3 Å². The molecular formula is C8H5N3O4S. The summed E-state index contributed by atoms with van der Waals surface area (Å²) in [7, 11) is 0. The molecule has 2 heterocycles. The van der Waals surface area contributed by atoms with Gasteiger partial charge >= 0.3 is 5.88 Å². The van der Waals surface area contributed by atoms with Crippen molar-refractivity contribution in [3.05, 3.63) is 32.8 Å². The van der Waals surface area contributed by atoms with Gasteiger partial charge in [0, 0.05) is 10.9 Å². The lowest BCUT2D eigenvalue weighted by atomic mass is 10.3. The zero-order valence-electron chi connectivity index (χ0n) is 7.75. The van der Waals surface area contributed by atoms with Crippen LogP contribution in [0.4, 0.5) is 5.88 Å². The molecule has 0 aromatic carbocycles. The first-order valence-corrected chi connectivity index (χ1v) is 4.94. The molecule has 0 aliphatic heterocycles. The summed E-state index contributed by atoms with van der Waals surface area (Å²) in [4.78, 5) is 24.4. The number of hydrogen-bond acceptors (Lipinski definition) is 6. The van der Waals surface area contributed by atoms with Gasteiger partial charge in [-0.3, -0.25) is 14.9 Å². The van der Waals surface area contributed by atoms with Crippen molar-refractivity contribution < 1.29 is 14.1 Å². The monoisotopic (exact) mass is 239 g/mol. The third-order valence-electron chi connectivity index (χ3n) is 1.78. The van der Waals surface area contributed by atoms with Gasteiger partial charge in [-0.15, -0.1) is 11.3 Å². The summed E-state index contributed by atoms with van der Waals surface area (Å²) < 4.78 is 4.70. The fourth-order valence-corrected chi connectivity index (χ4v) is 1.75. The first-order valence-electron chi connectivity index (χ1n) is 4.06. The number of hydrogen-bond donors (Lipinski definition) is 1. The van der Waals surface area contributed by atoms with Gasteiger partial charge in [-0.25, -0.2) is 4.98 Å². The van der Waals surface area contributed by atoms with Crippen molar-refractivity contribution in [1.82, 2.24) is 4.98 Å². The van der Waals surface area contributed by atoms with Crippen LogP contribution in [0.1, 0.15) is 9.80 Å². The van der Waals surface area contributed by atoms with Crippen molar-refractivity contribution >= 4 is 23.1 Å². The lowest BCUT2D eigenvalue weighted by Crippen LogP contribution is -2.09. The van der Waals surface area contributed by atoms with Gasteiger partial charge in [0.05, 0.1) is 11.8 Å². The Bertz CT molecular complexity index is 509. The molecule has 0 aliphatic rings. The van der Waals surface area contributed by atoms with E-state index in [0.717, 1.165) is 11.3 Å². The molecule has 2 N–H and O–H groups in total. The highest BCUT2D eigenvalue weighted by molar-refractivity contribution is 7.12. The SMILES string of the molecule is NC(=O)c1nc(-c2coc([N+](=O)[O-])c2)cs1. The molecular weight excluding hydrogens is 234 g/mol. The van der Waals surface area contributed by atoms with Crippen molar-refractivity contribution in [3.63, 3.8) is 0 Å². The van der Waals surface area contributed by atoms with Crippen LogP contribution in [0.3, 0.4) is 0 Å². The highest BCUT2D eigenvalue weighted by Crippen LogP contribution is 2.26. The number of aromatic nitrogens is 1. The first kappa shape index (κ1) is 10.3. The molecule has 0 saturated carbocycles. The van der Waals surface area contributed by atoms with Crippen molar-refractivity contribution in [2.75, 3.05) is 0 Å². The predicted octanol–water partition coefficient (Wildman–Crippen LogP) is 1.41. The third-order valence-corrected chi connectivity index (χ3v) is 2.63. The van der Waals surface area contributed by atoms with E-state index in [2.05, 4.69) is 4.98 Å². The highest BCUT2D eigenvalue weighted by Gasteiger charge is 2.16. The van der Waals surface area contributed by atoms with Gasteiger partial charge in [0.2, 0.25) is 0 Å². The van der Waals surface area contributed by atoms with E-state index in [1.807, 2.05) is 0 Å². The zero-order valence-corrected chi connectivity index (χ0v) is 8.56. The van der Waals surface area contributed by atoms with E-state index in [1.54, 1.807) is 5.38 Å². The largest absolute Gasteiger partial charge is 0.433 e. The Kier molecular flexibility index (Phi) is 2.41. The van der Waals surface area contributed by atoms with Crippen LogP contribution < -0.4 is 5.73 Å². The summed E-state index contributed by atoms with van der Waals surface area (Å²) in [6.45, 7) is 0. The summed E-state index contributed by atoms with van der Waals surface area (Å²) in [6, 6.07) is 1.24. The molecule has 82 valence electrons. The second-order valence-electron chi connectivity index (χ2n) is 2.83. The molecule has 2 aromatic rings. The number of rotatable bonds is 3. The number of nitrogens with two attached hydrogens (primary N) is 1. The Hall–Kier alpha value is -2.22. The molecule has 7 nitrogen and oxygen atoms in total. The quantitative estimate of drug-likeness (QED) is 0.642. The number of primary amides is 1. The molecule has 8 heteroatoms. The van der Waals surface area contributed by atoms with E-state index in [0.29, 0.717) is 11.3 Å². The van der Waals surface area contributed by atoms with E-state index in [9.17, 15) is 14.9 Å². The molecule has 2 aromatic heterocycles. The van der Waals surface area contributed by atoms with E-state index < -0.39 is 10.8 Å². The Balaban J connectivity index is 2.35. The molecule has 1 amide bonds. The van der Waals surface area contributed by atoms with E-state index >= 15 is 0 Å². The maximum atomic E-state index is 10.8. The molecule has 0 atom stereocenters. The summed E-state index contributed by atoms with van der Waals surface area (Å²) >= 11 is 1.07. The normalized spacial score (nSPS) is 10.2. The minimum atomic E-state index is -0.648. The van der Waals surface area contributed by atoms with Crippen molar-refractivity contribution in [2.45, 2.75) is 0 Å². The molecule has 0 saturated heterocycles. The Morgan fingerprint density at radius 2 is 2.38 bits per heavy atom. The molecule has 0 bridgehead atoms. The standard InChI is InChI=1S/C8H5N3O4S/c9-7(12)8-10-5(3-16-8)4-1-6(11(13)14)15-2-4/h1-3H,(H2,9,12). The number of carbonyl (C=O) groups is 1. The minimum absolute atomic E-state index is 0.152. The minimum Gasteiger partial charge on any atom is -0.409 e. The molecule has 0 aliphatic carbocycles. The maximum Gasteiger partial charge on any atom is 0.433 e. The highest BCUT2D eigenvalue weighted by atomic mass is 32.1. The van der Waals surface area contributed by atoms with Gasteiger partial charge in [0.1, 0.15) is 11.2 Å². The van der Waals surface area contributed by atoms with Crippen molar-refractivity contribution in [1.29, 1.82) is 0 Å². The van der Waals surface area contributed by atoms with Crippen LogP contribution in [-0.4, -0.2) is 15.8 Å². The zero-order chi connectivity index (χ0) is 11.7. The molecule has 0 radical (unpaired) electrons. The summed E-state index contributed by atoms with van der Waals surface area (Å²) in [5.41, 5.74) is 5.90. The number of thiazole rings is 1.